The van der Waals surface area contributed by atoms with Crippen molar-refractivity contribution in [1.29, 1.82) is 0 Å². The van der Waals surface area contributed by atoms with Gasteiger partial charge < -0.3 is 9.64 Å². The van der Waals surface area contributed by atoms with Gasteiger partial charge in [-0.15, -0.1) is 0 Å². The number of alkyl halides is 3. The van der Waals surface area contributed by atoms with Gasteiger partial charge in [0.25, 0.3) is 5.56 Å². The van der Waals surface area contributed by atoms with Crippen molar-refractivity contribution in [3.05, 3.63) is 58.2 Å². The molecule has 0 unspecified atom stereocenters. The minimum Gasteiger partial charge on any atom is -0.370 e. The second-order valence-electron chi connectivity index (χ2n) is 9.31. The van der Waals surface area contributed by atoms with Crippen LogP contribution in [0.15, 0.2) is 35.5 Å². The molecule has 2 fully saturated rings. The lowest BCUT2D eigenvalue weighted by Crippen LogP contribution is -2.39. The maximum absolute atomic E-state index is 13.1. The summed E-state index contributed by atoms with van der Waals surface area (Å²) in [7, 11) is 1.59. The quantitative estimate of drug-likeness (QED) is 0.411. The highest BCUT2D eigenvalue weighted by molar-refractivity contribution is 5.89. The lowest BCUT2D eigenvalue weighted by Gasteiger charge is -2.32. The molecule has 0 radical (unpaired) electrons. The Balaban J connectivity index is 1.42. The monoisotopic (exact) mass is 512 g/mol. The third kappa shape index (κ3) is 4.32. The number of anilines is 1. The molecule has 0 N–H and O–H groups in total. The molecule has 6 rings (SSSR count). The van der Waals surface area contributed by atoms with Gasteiger partial charge in [0.2, 0.25) is 5.95 Å². The minimum absolute atomic E-state index is 0.0811. The van der Waals surface area contributed by atoms with Gasteiger partial charge in [-0.25, -0.2) is 15.0 Å². The molecule has 37 heavy (non-hydrogen) atoms. The zero-order chi connectivity index (χ0) is 25.9. The van der Waals surface area contributed by atoms with Gasteiger partial charge in [0, 0.05) is 37.1 Å². The molecule has 0 bridgehead atoms. The number of rotatable bonds is 4. The fourth-order valence-electron chi connectivity index (χ4n) is 4.38. The summed E-state index contributed by atoms with van der Waals surface area (Å²) in [6.45, 7) is 2.97. The van der Waals surface area contributed by atoms with E-state index in [0.717, 1.165) is 30.7 Å². The minimum atomic E-state index is -4.57. The molecule has 1 aliphatic carbocycles. The molecule has 192 valence electrons. The van der Waals surface area contributed by atoms with Crippen molar-refractivity contribution in [3.63, 3.8) is 0 Å². The van der Waals surface area contributed by atoms with E-state index in [4.69, 9.17) is 4.74 Å². The van der Waals surface area contributed by atoms with Gasteiger partial charge in [-0.1, -0.05) is 0 Å². The third-order valence-corrected chi connectivity index (χ3v) is 6.73. The van der Waals surface area contributed by atoms with E-state index in [1.807, 2.05) is 15.8 Å². The molecule has 10 nitrogen and oxygen atoms in total. The lowest BCUT2D eigenvalue weighted by molar-refractivity contribution is -0.141. The maximum Gasteiger partial charge on any atom is 0.433 e. The van der Waals surface area contributed by atoms with Crippen LogP contribution in [-0.4, -0.2) is 54.0 Å². The third-order valence-electron chi connectivity index (χ3n) is 6.73. The first-order valence-corrected chi connectivity index (χ1v) is 11.9. The number of ether oxygens (including phenoxy) is 1. The predicted molar refractivity (Wildman–Crippen MR) is 127 cm³/mol. The standard InChI is InChI=1S/C24H23F3N8O2/c1-13-30-20-19(14-3-6-18(28-9-14)24(25,26)27)31-23(32-21(20)22(36)33(13)2)34-7-8-37-17(12-34)15-10-29-35(11-15)16-4-5-16/h3,6,9-11,16-17H,4-5,7-8,12H2,1-2H3/t17-/m1/s1. The van der Waals surface area contributed by atoms with Crippen LogP contribution in [0.25, 0.3) is 22.3 Å². The van der Waals surface area contributed by atoms with Crippen molar-refractivity contribution in [3.8, 4) is 11.3 Å². The number of aryl methyl sites for hydroxylation is 1. The molecule has 0 spiro atoms. The summed E-state index contributed by atoms with van der Waals surface area (Å²) in [6, 6.07) is 2.62. The Morgan fingerprint density at radius 1 is 1.08 bits per heavy atom. The summed E-state index contributed by atoms with van der Waals surface area (Å²) in [5.74, 6) is 0.696. The van der Waals surface area contributed by atoms with E-state index in [1.165, 1.54) is 10.6 Å². The molecule has 0 amide bonds. The zero-order valence-corrected chi connectivity index (χ0v) is 20.1. The number of pyridine rings is 1. The Morgan fingerprint density at radius 3 is 2.59 bits per heavy atom. The Bertz CT molecular complexity index is 1540. The molecule has 1 aliphatic heterocycles. The number of halogens is 3. The van der Waals surface area contributed by atoms with Crippen molar-refractivity contribution in [2.45, 2.75) is 38.1 Å². The first-order valence-electron chi connectivity index (χ1n) is 11.9. The van der Waals surface area contributed by atoms with E-state index in [-0.39, 0.29) is 34.3 Å². The van der Waals surface area contributed by atoms with E-state index < -0.39 is 11.9 Å². The molecule has 1 saturated carbocycles. The Hall–Kier alpha value is -3.87. The van der Waals surface area contributed by atoms with Gasteiger partial charge in [-0.2, -0.15) is 18.3 Å². The molecule has 5 heterocycles. The maximum atomic E-state index is 13.1. The molecular weight excluding hydrogens is 489 g/mol. The normalized spacial score (nSPS) is 18.5. The average Bonchev–Trinajstić information content (AvgIpc) is 3.63. The van der Waals surface area contributed by atoms with Crippen LogP contribution in [0.3, 0.4) is 0 Å². The smallest absolute Gasteiger partial charge is 0.370 e. The van der Waals surface area contributed by atoms with Crippen molar-refractivity contribution in [2.75, 3.05) is 24.6 Å². The lowest BCUT2D eigenvalue weighted by atomic mass is 10.1. The molecule has 4 aromatic rings. The highest BCUT2D eigenvalue weighted by Gasteiger charge is 2.33. The largest absolute Gasteiger partial charge is 0.433 e. The van der Waals surface area contributed by atoms with Crippen LogP contribution in [0, 0.1) is 6.92 Å². The summed E-state index contributed by atoms with van der Waals surface area (Å²) in [5.41, 5.74) is 0.390. The fourth-order valence-corrected chi connectivity index (χ4v) is 4.38. The first-order chi connectivity index (χ1) is 17.7. The van der Waals surface area contributed by atoms with Crippen LogP contribution in [-0.2, 0) is 18.0 Å². The number of nitrogens with zero attached hydrogens (tertiary/aromatic N) is 8. The second-order valence-corrected chi connectivity index (χ2v) is 9.31. The van der Waals surface area contributed by atoms with Crippen molar-refractivity contribution in [2.24, 2.45) is 7.05 Å². The van der Waals surface area contributed by atoms with E-state index in [1.54, 1.807) is 20.2 Å². The summed E-state index contributed by atoms with van der Waals surface area (Å²) >= 11 is 0. The van der Waals surface area contributed by atoms with Crippen LogP contribution in [0.2, 0.25) is 0 Å². The van der Waals surface area contributed by atoms with Crippen molar-refractivity contribution in [1.82, 2.24) is 34.3 Å². The summed E-state index contributed by atoms with van der Waals surface area (Å²) in [4.78, 5) is 32.3. The van der Waals surface area contributed by atoms with Gasteiger partial charge >= 0.3 is 6.18 Å². The molecule has 4 aromatic heterocycles. The topological polar surface area (TPSA) is 104 Å². The number of aromatic nitrogens is 7. The average molecular weight is 512 g/mol. The SMILES string of the molecule is Cc1nc2c(-c3ccc(C(F)(F)F)nc3)nc(N3CCO[C@@H](c4cnn(C5CC5)c4)C3)nc2c(=O)n1C. The Labute approximate surface area is 208 Å². The molecule has 13 heteroatoms. The zero-order valence-electron chi connectivity index (χ0n) is 20.1. The van der Waals surface area contributed by atoms with Crippen LogP contribution in [0.4, 0.5) is 19.1 Å². The fraction of sp³-hybridized carbons (Fsp3) is 0.417. The number of morpholine rings is 1. The molecular formula is C24H23F3N8O2. The molecule has 0 aromatic carbocycles. The summed E-state index contributed by atoms with van der Waals surface area (Å²) < 4.78 is 48.6. The number of fused-ring (bicyclic) bond motifs is 1. The van der Waals surface area contributed by atoms with Crippen molar-refractivity contribution < 1.29 is 17.9 Å². The van der Waals surface area contributed by atoms with Gasteiger partial charge in [-0.3, -0.25) is 19.0 Å². The highest BCUT2D eigenvalue weighted by atomic mass is 19.4. The molecule has 1 atom stereocenters. The highest BCUT2D eigenvalue weighted by Crippen LogP contribution is 2.36. The summed E-state index contributed by atoms with van der Waals surface area (Å²) in [6.07, 6.45) is 2.29. The molecule has 1 saturated heterocycles. The van der Waals surface area contributed by atoms with E-state index in [2.05, 4.69) is 25.0 Å². The van der Waals surface area contributed by atoms with E-state index >= 15 is 0 Å². The van der Waals surface area contributed by atoms with Crippen LogP contribution in [0.1, 0.15) is 42.1 Å². The molecule has 2 aliphatic rings. The number of hydrogen-bond donors (Lipinski definition) is 0. The van der Waals surface area contributed by atoms with Crippen LogP contribution < -0.4 is 10.5 Å². The predicted octanol–water partition coefficient (Wildman–Crippen LogP) is 3.22. The van der Waals surface area contributed by atoms with Gasteiger partial charge in [0.15, 0.2) is 5.52 Å². The van der Waals surface area contributed by atoms with E-state index in [9.17, 15) is 18.0 Å². The Morgan fingerprint density at radius 2 is 1.89 bits per heavy atom. The summed E-state index contributed by atoms with van der Waals surface area (Å²) in [5, 5.41) is 4.45. The second kappa shape index (κ2) is 8.61. The van der Waals surface area contributed by atoms with Gasteiger partial charge in [0.05, 0.1) is 25.4 Å². The number of hydrogen-bond acceptors (Lipinski definition) is 8. The van der Waals surface area contributed by atoms with E-state index in [0.29, 0.717) is 37.1 Å². The van der Waals surface area contributed by atoms with Gasteiger partial charge in [0.1, 0.15) is 28.8 Å². The Kier molecular flexibility index (Phi) is 5.48. The van der Waals surface area contributed by atoms with Crippen molar-refractivity contribution >= 4 is 17.0 Å². The van der Waals surface area contributed by atoms with Gasteiger partial charge in [-0.05, 0) is 31.9 Å². The first kappa shape index (κ1) is 23.5. The van der Waals surface area contributed by atoms with Crippen LogP contribution >= 0.6 is 0 Å². The van der Waals surface area contributed by atoms with Crippen LogP contribution in [0.5, 0.6) is 0 Å².